The summed E-state index contributed by atoms with van der Waals surface area (Å²) in [4.78, 5) is 0. The van der Waals surface area contributed by atoms with Crippen LogP contribution in [0.3, 0.4) is 0 Å². The van der Waals surface area contributed by atoms with E-state index in [1.54, 1.807) is 0 Å². The molecule has 0 nitrogen and oxygen atoms in total. The number of hydrogen-bond donors (Lipinski definition) is 0. The van der Waals surface area contributed by atoms with Crippen LogP contribution in [0.4, 0.5) is 0 Å². The molecule has 0 saturated heterocycles. The fourth-order valence-electron chi connectivity index (χ4n) is 9.15. The Balaban J connectivity index is -0.000000447. The first-order valence-corrected chi connectivity index (χ1v) is 31.3. The van der Waals surface area contributed by atoms with E-state index in [0.29, 0.717) is 5.92 Å². The average molecular weight is 1110 g/mol. The highest BCUT2D eigenvalue weighted by Gasteiger charge is 2.17. The molecule has 0 aliphatic rings. The molecule has 0 bridgehead atoms. The first-order valence-electron chi connectivity index (χ1n) is 31.3. The van der Waals surface area contributed by atoms with E-state index in [1.807, 2.05) is 45.0 Å². The molecule has 460 valence electrons. The largest absolute Gasteiger partial charge is 0.0955 e. The molecule has 0 aromatic heterocycles. The van der Waals surface area contributed by atoms with Gasteiger partial charge in [0.15, 0.2) is 0 Å². The molecule has 0 heteroatoms. The lowest BCUT2D eigenvalue weighted by molar-refractivity contribution is 0.437. The summed E-state index contributed by atoms with van der Waals surface area (Å²) in [5.74, 6) is 3.90. The number of hydrogen-bond acceptors (Lipinski definition) is 0. The van der Waals surface area contributed by atoms with Gasteiger partial charge in [-0.15, -0.1) is 0 Å². The Morgan fingerprint density at radius 2 is 0.728 bits per heavy atom. The van der Waals surface area contributed by atoms with Crippen LogP contribution in [0.15, 0.2) is 128 Å². The van der Waals surface area contributed by atoms with Gasteiger partial charge in [0.25, 0.3) is 0 Å². The lowest BCUT2D eigenvalue weighted by atomic mass is 9.84. The van der Waals surface area contributed by atoms with Crippen molar-refractivity contribution in [1.82, 2.24) is 0 Å². The molecule has 0 aliphatic carbocycles. The second kappa shape index (κ2) is 51.0. The first kappa shape index (κ1) is 85.1. The Hall–Kier alpha value is -4.68. The Bertz CT molecular complexity index is 2230. The van der Waals surface area contributed by atoms with Crippen LogP contribution in [0.5, 0.6) is 0 Å². The van der Waals surface area contributed by atoms with E-state index < -0.39 is 0 Å². The van der Waals surface area contributed by atoms with E-state index in [1.165, 1.54) is 174 Å². The van der Waals surface area contributed by atoms with Crippen molar-refractivity contribution in [3.63, 3.8) is 0 Å². The summed E-state index contributed by atoms with van der Waals surface area (Å²) in [7, 11) is 0. The van der Waals surface area contributed by atoms with E-state index >= 15 is 0 Å². The van der Waals surface area contributed by atoms with E-state index in [2.05, 4.69) is 228 Å². The highest BCUT2D eigenvalue weighted by atomic mass is 14.2. The summed E-state index contributed by atoms with van der Waals surface area (Å²) in [5, 5.41) is 2.86. The number of rotatable bonds is 20. The van der Waals surface area contributed by atoms with Crippen molar-refractivity contribution in [3.05, 3.63) is 172 Å². The number of unbranched alkanes of at least 4 members (excludes halogenated alkanes) is 2. The minimum absolute atomic E-state index is 0. The topological polar surface area (TPSA) is 0 Å². The van der Waals surface area contributed by atoms with Crippen LogP contribution >= 0.6 is 0 Å². The molecular formula is C81H136. The van der Waals surface area contributed by atoms with Gasteiger partial charge < -0.3 is 0 Å². The molecule has 81 heavy (non-hydrogen) atoms. The normalized spacial score (nSPS) is 10.7. The van der Waals surface area contributed by atoms with Crippen LogP contribution in [0, 0.1) is 51.4 Å². The molecule has 2 unspecified atom stereocenters. The number of allylic oxidation sites excluding steroid dienone is 1. The number of fused-ring (bicyclic) bond motifs is 1. The Labute approximate surface area is 509 Å². The molecule has 0 amide bonds. The summed E-state index contributed by atoms with van der Waals surface area (Å²) < 4.78 is 0. The predicted molar refractivity (Wildman–Crippen MR) is 383 cm³/mol. The summed E-state index contributed by atoms with van der Waals surface area (Å²) >= 11 is 0. The molecule has 6 rings (SSSR count). The molecule has 0 fully saturated rings. The van der Waals surface area contributed by atoms with Gasteiger partial charge in [0, 0.05) is 0 Å². The molecule has 6 aromatic carbocycles. The lowest BCUT2D eigenvalue weighted by Crippen LogP contribution is -1.99. The number of benzene rings is 6. The van der Waals surface area contributed by atoms with Crippen LogP contribution < -0.4 is 0 Å². The van der Waals surface area contributed by atoms with Crippen molar-refractivity contribution < 1.29 is 0 Å². The molecule has 0 heterocycles. The SMILES string of the molecule is C.C.C.C.C=C(C)c1ccccc1.CC.CC(C)c1ccccc1.CCC.CCCC.CCCC.Cc1cc(-c2ccc(CCC(C)CCCC(C)C)cc2)c(C)c2c(C)cc(-c3ccc(CCC(C)CCCC(C)C)cc3)c(C)c12. The summed E-state index contributed by atoms with van der Waals surface area (Å²) in [6.07, 6.45) is 19.6. The van der Waals surface area contributed by atoms with E-state index in [-0.39, 0.29) is 29.7 Å². The fraction of sp³-hybridized carbons (Fsp3) is 0.556. The molecule has 0 spiro atoms. The average Bonchev–Trinajstić information content (AvgIpc) is 3.43. The third-order valence-electron chi connectivity index (χ3n) is 14.4. The van der Waals surface area contributed by atoms with Crippen molar-refractivity contribution in [2.24, 2.45) is 23.7 Å². The summed E-state index contributed by atoms with van der Waals surface area (Å²) in [6.45, 7) is 50.7. The zero-order valence-corrected chi connectivity index (χ0v) is 54.2. The maximum absolute atomic E-state index is 3.83. The van der Waals surface area contributed by atoms with Gasteiger partial charge in [-0.3, -0.25) is 0 Å². The third-order valence-corrected chi connectivity index (χ3v) is 14.4. The fourth-order valence-corrected chi connectivity index (χ4v) is 9.15. The zero-order chi connectivity index (χ0) is 58.3. The van der Waals surface area contributed by atoms with Gasteiger partial charge in [-0.05, 0) is 167 Å². The Morgan fingerprint density at radius 1 is 0.420 bits per heavy atom. The minimum Gasteiger partial charge on any atom is -0.0955 e. The van der Waals surface area contributed by atoms with Crippen LogP contribution in [-0.4, -0.2) is 0 Å². The van der Waals surface area contributed by atoms with Gasteiger partial charge in [-0.1, -0.05) is 345 Å². The summed E-state index contributed by atoms with van der Waals surface area (Å²) in [5.41, 5.74) is 17.7. The maximum atomic E-state index is 3.83. The smallest absolute Gasteiger partial charge is 0.0113 e. The minimum atomic E-state index is 0. The molecule has 2 atom stereocenters. The van der Waals surface area contributed by atoms with Gasteiger partial charge in [0.1, 0.15) is 0 Å². The van der Waals surface area contributed by atoms with Crippen LogP contribution in [0.2, 0.25) is 0 Å². The highest BCUT2D eigenvalue weighted by Crippen LogP contribution is 2.40. The molecule has 0 N–H and O–H groups in total. The van der Waals surface area contributed by atoms with Crippen molar-refractivity contribution >= 4 is 16.3 Å². The molecule has 0 aliphatic heterocycles. The van der Waals surface area contributed by atoms with Gasteiger partial charge in [-0.25, -0.2) is 0 Å². The second-order valence-electron chi connectivity index (χ2n) is 23.2. The van der Waals surface area contributed by atoms with Crippen molar-refractivity contribution in [2.45, 2.75) is 277 Å². The third kappa shape index (κ3) is 35.2. The van der Waals surface area contributed by atoms with Crippen LogP contribution in [0.25, 0.3) is 38.6 Å². The van der Waals surface area contributed by atoms with Crippen LogP contribution in [-0.2, 0) is 12.8 Å². The van der Waals surface area contributed by atoms with E-state index in [9.17, 15) is 0 Å². The summed E-state index contributed by atoms with van der Waals surface area (Å²) in [6, 6.07) is 44.5. The van der Waals surface area contributed by atoms with Gasteiger partial charge in [0.2, 0.25) is 0 Å². The van der Waals surface area contributed by atoms with Gasteiger partial charge >= 0.3 is 0 Å². The first-order chi connectivity index (χ1) is 36.8. The molecule has 0 radical (unpaired) electrons. The van der Waals surface area contributed by atoms with Crippen molar-refractivity contribution in [2.75, 3.05) is 0 Å². The predicted octanol–water partition coefficient (Wildman–Crippen LogP) is 28.3. The monoisotopic (exact) mass is 1110 g/mol. The Morgan fingerprint density at radius 3 is 0.975 bits per heavy atom. The molecule has 6 aromatic rings. The van der Waals surface area contributed by atoms with Gasteiger partial charge in [0.05, 0.1) is 0 Å². The lowest BCUT2D eigenvalue weighted by Gasteiger charge is -2.20. The second-order valence-corrected chi connectivity index (χ2v) is 23.2. The van der Waals surface area contributed by atoms with E-state index in [0.717, 1.165) is 29.2 Å². The Kier molecular flexibility index (Phi) is 53.6. The van der Waals surface area contributed by atoms with Crippen LogP contribution in [0.1, 0.15) is 281 Å². The van der Waals surface area contributed by atoms with Gasteiger partial charge in [-0.2, -0.15) is 0 Å². The number of aryl methyl sites for hydroxylation is 6. The standard InChI is InChI=1S/C46H64.C9H12.C9H10.2C4H10.C3H8.C2H6.4CH4/c1-31(2)13-11-15-33(5)17-19-39-21-25-41(26-22-39)43-29-35(7)46-38(10)44(30-36(8)45(46)37(43)9)42-27-23-40(24-28-42)20-18-34(6)16-12-14-32(3)4;2*1-8(2)9-6-4-3-5-7-9;2*1-3-4-2;1-3-2;1-2;;;;/h21-34H,11-20H2,1-10H3;3-8H,1-2H3;3-7H,1H2,2H3;2*3-4H2,1-2H3;3H2,1-2H3;1-2H3;4*1H4. The van der Waals surface area contributed by atoms with E-state index in [4.69, 9.17) is 0 Å². The quantitative estimate of drug-likeness (QED) is 0.0715. The molecule has 0 saturated carbocycles. The maximum Gasteiger partial charge on any atom is -0.0113 e. The zero-order valence-electron chi connectivity index (χ0n) is 54.2. The van der Waals surface area contributed by atoms with Crippen molar-refractivity contribution in [3.8, 4) is 22.3 Å². The highest BCUT2D eigenvalue weighted by molar-refractivity contribution is 6.01. The van der Waals surface area contributed by atoms with Crippen molar-refractivity contribution in [1.29, 1.82) is 0 Å². The molecular weight excluding hydrogens is 973 g/mol.